The number of aliphatic hydroxyl groups excluding tert-OH is 18. The van der Waals surface area contributed by atoms with Gasteiger partial charge in [0, 0.05) is 27.2 Å². The van der Waals surface area contributed by atoms with Gasteiger partial charge in [-0.05, 0) is 0 Å². The summed E-state index contributed by atoms with van der Waals surface area (Å²) in [4.78, 5) is 51.0. The molecule has 82 heavy (non-hydrogen) atoms. The standard InChI is InChI=1S/C45H75N3O34/c1-11(55)46-21-14(58)4-45(44(70)71,81-37(21)24(60)15(59)5-49)82-38-32(68)43(78-33-18(8-52)72-39(69)30(66)28(33)64)76-20(10-54)35(38)79-41-23(48-13(3)57)36(26(62)17(7-51)74-41)80-42-31(67)29(65)34(19(9-53)75-42)77-40-22(47-12(2)56)27(63)25(61)16(6-50)73-40/h14-43,49-54,58-69H,4-10H2,1-3H3,(H,46,55)(H,47,56)(H,48,57)(H,70,71)/t14-,15+,16+,17+,18+,19+,20+,21+,22+,23+,24+,25-,26-,27+,28+,29-,30+,31+,32+,33+,34-,35-,36+,37+,38+,39?,40-,41-,42-,43-,45-/m0/s1. The predicted molar refractivity (Wildman–Crippen MR) is 251 cm³/mol. The molecule has 6 rings (SSSR count). The van der Waals surface area contributed by atoms with E-state index in [0.29, 0.717) is 0 Å². The van der Waals surface area contributed by atoms with Crippen LogP contribution in [0.4, 0.5) is 0 Å². The highest BCUT2D eigenvalue weighted by atomic mass is 16.8. The minimum atomic E-state index is -3.39. The molecular formula is C45H75N3O34. The van der Waals surface area contributed by atoms with Crippen LogP contribution in [-0.2, 0) is 71.3 Å². The summed E-state index contributed by atoms with van der Waals surface area (Å²) >= 11 is 0. The maximum Gasteiger partial charge on any atom is 0.364 e. The Balaban J connectivity index is 1.38. The largest absolute Gasteiger partial charge is 0.477 e. The van der Waals surface area contributed by atoms with Gasteiger partial charge in [-0.1, -0.05) is 0 Å². The van der Waals surface area contributed by atoms with E-state index < -0.39 is 259 Å². The molecule has 6 saturated heterocycles. The van der Waals surface area contributed by atoms with E-state index in [0.717, 1.165) is 20.8 Å². The molecule has 0 radical (unpaired) electrons. The van der Waals surface area contributed by atoms with Gasteiger partial charge in [-0.3, -0.25) is 14.4 Å². The van der Waals surface area contributed by atoms with Crippen molar-refractivity contribution in [3.63, 3.8) is 0 Å². The average Bonchev–Trinajstić information content (AvgIpc) is 3.44. The second kappa shape index (κ2) is 28.9. The van der Waals surface area contributed by atoms with E-state index in [1.54, 1.807) is 0 Å². The van der Waals surface area contributed by atoms with Crippen molar-refractivity contribution in [1.82, 2.24) is 16.0 Å². The Hall–Kier alpha value is -3.28. The number of carboxylic acid groups (broad SMARTS) is 1. The summed E-state index contributed by atoms with van der Waals surface area (Å²) in [6.45, 7) is -3.75. The third kappa shape index (κ3) is 14.6. The molecule has 6 heterocycles. The van der Waals surface area contributed by atoms with Crippen LogP contribution in [0.15, 0.2) is 0 Å². The monoisotopic (exact) mass is 1200 g/mol. The quantitative estimate of drug-likeness (QED) is 0.0479. The van der Waals surface area contributed by atoms with E-state index in [4.69, 9.17) is 52.1 Å². The Morgan fingerprint density at radius 1 is 0.476 bits per heavy atom. The molecular weight excluding hydrogens is 1130 g/mol. The number of ether oxygens (including phenoxy) is 11. The van der Waals surface area contributed by atoms with Gasteiger partial charge in [0.15, 0.2) is 31.5 Å². The Kier molecular flexibility index (Phi) is 23.9. The van der Waals surface area contributed by atoms with Gasteiger partial charge >= 0.3 is 5.97 Å². The van der Waals surface area contributed by atoms with Crippen LogP contribution in [0.2, 0.25) is 0 Å². The summed E-state index contributed by atoms with van der Waals surface area (Å²) in [5, 5.41) is 212. The maximum absolute atomic E-state index is 13.5. The summed E-state index contributed by atoms with van der Waals surface area (Å²) in [6, 6.07) is -5.36. The molecule has 6 aliphatic heterocycles. The zero-order valence-electron chi connectivity index (χ0n) is 43.9. The average molecular weight is 1200 g/mol. The number of rotatable bonds is 22. The first kappa shape index (κ1) is 67.8. The first-order chi connectivity index (χ1) is 38.6. The van der Waals surface area contributed by atoms with Gasteiger partial charge in [0.05, 0.1) is 51.8 Å². The van der Waals surface area contributed by atoms with Crippen molar-refractivity contribution in [3.8, 4) is 0 Å². The van der Waals surface area contributed by atoms with Gasteiger partial charge in [-0.2, -0.15) is 0 Å². The molecule has 0 aromatic rings. The summed E-state index contributed by atoms with van der Waals surface area (Å²) in [6.07, 6.45) is -57.6. The normalized spacial score (nSPS) is 46.3. The lowest BCUT2D eigenvalue weighted by atomic mass is 9.88. The van der Waals surface area contributed by atoms with Crippen molar-refractivity contribution >= 4 is 23.7 Å². The molecule has 0 aromatic carbocycles. The minimum absolute atomic E-state index is 0.770. The highest BCUT2D eigenvalue weighted by Gasteiger charge is 2.62. The zero-order valence-corrected chi connectivity index (χ0v) is 43.9. The molecule has 1 unspecified atom stereocenters. The summed E-state index contributed by atoms with van der Waals surface area (Å²) < 4.78 is 63.9. The fraction of sp³-hybridized carbons (Fsp3) is 0.911. The van der Waals surface area contributed by atoms with Gasteiger partial charge in [0.2, 0.25) is 17.7 Å². The van der Waals surface area contributed by atoms with Crippen LogP contribution < -0.4 is 16.0 Å². The van der Waals surface area contributed by atoms with Crippen molar-refractivity contribution in [1.29, 1.82) is 0 Å². The summed E-state index contributed by atoms with van der Waals surface area (Å²) in [7, 11) is 0. The number of hydrogen-bond acceptors (Lipinski definition) is 33. The fourth-order valence-electron chi connectivity index (χ4n) is 10.4. The van der Waals surface area contributed by atoms with Gasteiger partial charge in [-0.15, -0.1) is 0 Å². The van der Waals surface area contributed by atoms with Crippen LogP contribution in [0.25, 0.3) is 0 Å². The minimum Gasteiger partial charge on any atom is -0.477 e. The zero-order chi connectivity index (χ0) is 61.0. The fourth-order valence-corrected chi connectivity index (χ4v) is 10.4. The molecule has 0 spiro atoms. The van der Waals surface area contributed by atoms with E-state index in [9.17, 15) is 116 Å². The van der Waals surface area contributed by atoms with Crippen LogP contribution in [0, 0.1) is 0 Å². The molecule has 0 aromatic heterocycles. The van der Waals surface area contributed by atoms with Crippen molar-refractivity contribution < 1.29 is 168 Å². The summed E-state index contributed by atoms with van der Waals surface area (Å²) in [5.41, 5.74) is 0. The SMILES string of the molecule is CC(=O)N[C@H]1[C@H](O[C@@H]2[C@@H](O)[C@@H](O)[C@H](O[C@H]3[C@@H](O)[C@@H](CO)O[C@@H](O[C@@H]4[C@H](O[C@]5(C(=O)O)C[C@H](O)[C@@H](NC(C)=O)[C@H]([C@H](O)[C@H](O)CO)O5)[C@@H](O)[C@H](O[C@H]5[C@H](O)[C@@H](O)C(O)O[C@@H]5CO)O[C@@H]4CO)[C@@H]3NC(C)=O)O[C@@H]2CO)O[C@H](CO)[C@H](O)[C@@H]1O. The van der Waals surface area contributed by atoms with Crippen LogP contribution in [0.1, 0.15) is 27.2 Å². The molecule has 0 bridgehead atoms. The van der Waals surface area contributed by atoms with Gasteiger partial charge in [0.1, 0.15) is 140 Å². The van der Waals surface area contributed by atoms with Gasteiger partial charge in [0.25, 0.3) is 5.79 Å². The van der Waals surface area contributed by atoms with Crippen LogP contribution >= 0.6 is 0 Å². The Labute approximate surface area is 463 Å². The number of carbonyl (C=O) groups excluding carboxylic acids is 3. The first-order valence-corrected chi connectivity index (χ1v) is 25.7. The second-order valence-corrected chi connectivity index (χ2v) is 20.4. The Morgan fingerprint density at radius 2 is 0.902 bits per heavy atom. The molecule has 0 saturated carbocycles. The van der Waals surface area contributed by atoms with Crippen molar-refractivity contribution in [3.05, 3.63) is 0 Å². The number of carboxylic acids is 1. The van der Waals surface area contributed by atoms with E-state index in [1.807, 2.05) is 0 Å². The molecule has 31 atom stereocenters. The highest BCUT2D eigenvalue weighted by Crippen LogP contribution is 2.41. The van der Waals surface area contributed by atoms with Crippen LogP contribution in [0.3, 0.4) is 0 Å². The van der Waals surface area contributed by atoms with Gasteiger partial charge < -0.3 is 165 Å². The maximum atomic E-state index is 13.5. The van der Waals surface area contributed by atoms with Crippen LogP contribution in [0.5, 0.6) is 0 Å². The van der Waals surface area contributed by atoms with E-state index in [1.165, 1.54) is 0 Å². The molecule has 6 fully saturated rings. The first-order valence-electron chi connectivity index (χ1n) is 25.7. The lowest BCUT2D eigenvalue weighted by Gasteiger charge is -2.53. The molecule has 37 heteroatoms. The smallest absolute Gasteiger partial charge is 0.364 e. The molecule has 6 aliphatic rings. The number of amides is 3. The van der Waals surface area contributed by atoms with E-state index in [2.05, 4.69) is 16.0 Å². The van der Waals surface area contributed by atoms with Crippen molar-refractivity contribution in [2.75, 3.05) is 39.6 Å². The topological polar surface area (TPSA) is 590 Å². The number of aliphatic carboxylic acids is 1. The number of hydrogen-bond donors (Lipinski definition) is 22. The molecule has 22 N–H and O–H groups in total. The van der Waals surface area contributed by atoms with Crippen molar-refractivity contribution in [2.24, 2.45) is 0 Å². The highest BCUT2D eigenvalue weighted by molar-refractivity contribution is 5.77. The van der Waals surface area contributed by atoms with Crippen LogP contribution in [-0.4, -0.2) is 350 Å². The van der Waals surface area contributed by atoms with E-state index >= 15 is 0 Å². The second-order valence-electron chi connectivity index (χ2n) is 20.4. The number of carbonyl (C=O) groups is 4. The van der Waals surface area contributed by atoms with Gasteiger partial charge in [-0.25, -0.2) is 4.79 Å². The lowest BCUT2D eigenvalue weighted by Crippen LogP contribution is -2.72. The molecule has 3 amide bonds. The number of nitrogens with one attached hydrogen (secondary N) is 3. The lowest BCUT2D eigenvalue weighted by molar-refractivity contribution is -0.403. The van der Waals surface area contributed by atoms with E-state index in [-0.39, 0.29) is 0 Å². The molecule has 0 aliphatic carbocycles. The third-order valence-electron chi connectivity index (χ3n) is 14.6. The van der Waals surface area contributed by atoms with Crippen molar-refractivity contribution in [2.45, 2.75) is 217 Å². The summed E-state index contributed by atoms with van der Waals surface area (Å²) in [5.74, 6) is -8.20. The Morgan fingerprint density at radius 3 is 1.43 bits per heavy atom. The molecule has 474 valence electrons. The molecule has 37 nitrogen and oxygen atoms in total. The third-order valence-corrected chi connectivity index (χ3v) is 14.6. The predicted octanol–water partition coefficient (Wildman–Crippen LogP) is -14.5. The number of aliphatic hydroxyl groups is 18. The Bertz CT molecular complexity index is 2090.